The van der Waals surface area contributed by atoms with Gasteiger partial charge in [-0.3, -0.25) is 9.63 Å². The normalized spacial score (nSPS) is 11.1. The lowest BCUT2D eigenvalue weighted by Crippen LogP contribution is -2.27. The topological polar surface area (TPSA) is 122 Å². The second-order valence-corrected chi connectivity index (χ2v) is 5.47. The summed E-state index contributed by atoms with van der Waals surface area (Å²) >= 11 is 0. The molecule has 0 heterocycles. The lowest BCUT2D eigenvalue weighted by Gasteiger charge is -2.07. The van der Waals surface area contributed by atoms with Gasteiger partial charge in [-0.1, -0.05) is 17.0 Å². The number of carbonyl (C=O) groups excluding carboxylic acids is 1. The van der Waals surface area contributed by atoms with E-state index in [1.165, 1.54) is 31.2 Å². The number of nitrogens with one attached hydrogen (secondary N) is 2. The van der Waals surface area contributed by atoms with E-state index in [-0.39, 0.29) is 10.8 Å². The second-order valence-electron chi connectivity index (χ2n) is 3.82. The molecule has 0 atom stereocenters. The monoisotopic (exact) mass is 302 g/mol. The van der Waals surface area contributed by atoms with E-state index in [2.05, 4.69) is 10.2 Å². The highest BCUT2D eigenvalue weighted by Crippen LogP contribution is 2.10. The Morgan fingerprint density at radius 2 is 1.85 bits per heavy atom. The summed E-state index contributed by atoms with van der Waals surface area (Å²) in [6, 6.07) is 5.70. The van der Waals surface area contributed by atoms with Crippen LogP contribution in [0.5, 0.6) is 0 Å². The van der Waals surface area contributed by atoms with E-state index in [9.17, 15) is 18.0 Å². The molecule has 0 bridgehead atoms. The molecule has 0 fully saturated rings. The molecule has 0 radical (unpaired) electrons. The van der Waals surface area contributed by atoms with Gasteiger partial charge < -0.3 is 10.4 Å². The van der Waals surface area contributed by atoms with Crippen LogP contribution in [0.1, 0.15) is 12.5 Å². The van der Waals surface area contributed by atoms with Gasteiger partial charge in [-0.05, 0) is 17.7 Å². The molecule has 1 aromatic rings. The summed E-state index contributed by atoms with van der Waals surface area (Å²) < 4.78 is 23.4. The number of rotatable bonds is 7. The Bertz CT molecular complexity index is 581. The van der Waals surface area contributed by atoms with Gasteiger partial charge in [0, 0.05) is 13.5 Å². The molecule has 0 saturated heterocycles. The van der Waals surface area contributed by atoms with Crippen LogP contribution >= 0.6 is 0 Å². The van der Waals surface area contributed by atoms with E-state index in [4.69, 9.17) is 5.11 Å². The molecule has 0 aliphatic rings. The first-order valence-electron chi connectivity index (χ1n) is 5.50. The third kappa shape index (κ3) is 5.34. The Hall–Kier alpha value is -1.97. The minimum atomic E-state index is -3.93. The van der Waals surface area contributed by atoms with Crippen molar-refractivity contribution in [2.24, 2.45) is 0 Å². The minimum Gasteiger partial charge on any atom is -0.479 e. The zero-order valence-electron chi connectivity index (χ0n) is 10.6. The van der Waals surface area contributed by atoms with Crippen molar-refractivity contribution in [2.75, 3.05) is 6.61 Å². The van der Waals surface area contributed by atoms with E-state index < -0.39 is 22.6 Å². The van der Waals surface area contributed by atoms with Gasteiger partial charge in [0.1, 0.15) is 0 Å². The molecule has 0 spiro atoms. The van der Waals surface area contributed by atoms with Crippen LogP contribution in [0.15, 0.2) is 29.2 Å². The van der Waals surface area contributed by atoms with Crippen LogP contribution < -0.4 is 10.2 Å². The van der Waals surface area contributed by atoms with E-state index in [0.29, 0.717) is 6.54 Å². The molecule has 1 aromatic carbocycles. The first-order valence-corrected chi connectivity index (χ1v) is 6.98. The van der Waals surface area contributed by atoms with Crippen LogP contribution in [0.25, 0.3) is 0 Å². The van der Waals surface area contributed by atoms with E-state index >= 15 is 0 Å². The maximum atomic E-state index is 11.7. The molecule has 110 valence electrons. The average molecular weight is 302 g/mol. The van der Waals surface area contributed by atoms with Gasteiger partial charge in [-0.15, -0.1) is 0 Å². The van der Waals surface area contributed by atoms with Crippen molar-refractivity contribution in [1.82, 2.24) is 10.2 Å². The Labute approximate surface area is 115 Å². The predicted molar refractivity (Wildman–Crippen MR) is 67.9 cm³/mol. The van der Waals surface area contributed by atoms with Gasteiger partial charge in [0.25, 0.3) is 10.0 Å². The van der Waals surface area contributed by atoms with Gasteiger partial charge >= 0.3 is 5.97 Å². The highest BCUT2D eigenvalue weighted by atomic mass is 32.2. The number of carboxylic acid groups (broad SMARTS) is 1. The average Bonchev–Trinajstić information content (AvgIpc) is 2.36. The molecular formula is C11H14N2O6S. The largest absolute Gasteiger partial charge is 0.479 e. The fraction of sp³-hybridized carbons (Fsp3) is 0.273. The molecule has 9 heteroatoms. The summed E-state index contributed by atoms with van der Waals surface area (Å²) in [4.78, 5) is 26.9. The number of amides is 1. The van der Waals surface area contributed by atoms with Gasteiger partial charge in [-0.2, -0.15) is 0 Å². The van der Waals surface area contributed by atoms with Crippen molar-refractivity contribution >= 4 is 21.9 Å². The SMILES string of the molecule is CC(=O)NCc1ccc(S(=O)(=O)NOCC(=O)O)cc1. The Kier molecular flexibility index (Phi) is 5.62. The molecule has 1 amide bonds. The van der Waals surface area contributed by atoms with Crippen LogP contribution in [-0.2, 0) is 31.0 Å². The molecule has 8 nitrogen and oxygen atoms in total. The lowest BCUT2D eigenvalue weighted by atomic mass is 10.2. The maximum Gasteiger partial charge on any atom is 0.331 e. The predicted octanol–water partition coefficient (Wildman–Crippen LogP) is -0.383. The van der Waals surface area contributed by atoms with Crippen molar-refractivity contribution in [3.8, 4) is 0 Å². The van der Waals surface area contributed by atoms with E-state index in [1.54, 1.807) is 4.89 Å². The molecule has 1 rings (SSSR count). The molecule has 0 aliphatic heterocycles. The maximum absolute atomic E-state index is 11.7. The van der Waals surface area contributed by atoms with Crippen molar-refractivity contribution in [3.63, 3.8) is 0 Å². The second kappa shape index (κ2) is 6.98. The summed E-state index contributed by atoms with van der Waals surface area (Å²) in [6.45, 7) is 0.890. The summed E-state index contributed by atoms with van der Waals surface area (Å²) in [7, 11) is -3.93. The summed E-state index contributed by atoms with van der Waals surface area (Å²) in [5, 5.41) is 10.9. The van der Waals surface area contributed by atoms with Crippen LogP contribution in [0.4, 0.5) is 0 Å². The summed E-state index contributed by atoms with van der Waals surface area (Å²) in [6.07, 6.45) is 0. The van der Waals surface area contributed by atoms with Crippen molar-refractivity contribution < 1.29 is 28.0 Å². The third-order valence-corrected chi connectivity index (χ3v) is 3.37. The van der Waals surface area contributed by atoms with Crippen molar-refractivity contribution in [1.29, 1.82) is 0 Å². The van der Waals surface area contributed by atoms with Gasteiger partial charge in [0.05, 0.1) is 4.90 Å². The number of hydrogen-bond donors (Lipinski definition) is 3. The smallest absolute Gasteiger partial charge is 0.331 e. The van der Waals surface area contributed by atoms with Gasteiger partial charge in [0.15, 0.2) is 6.61 Å². The summed E-state index contributed by atoms with van der Waals surface area (Å²) in [5.74, 6) is -1.48. The van der Waals surface area contributed by atoms with E-state index in [1.807, 2.05) is 0 Å². The Morgan fingerprint density at radius 1 is 1.25 bits per heavy atom. The number of aliphatic carboxylic acids is 1. The molecule has 20 heavy (non-hydrogen) atoms. The molecule has 0 unspecified atom stereocenters. The fourth-order valence-corrected chi connectivity index (χ4v) is 2.03. The van der Waals surface area contributed by atoms with Crippen molar-refractivity contribution in [3.05, 3.63) is 29.8 Å². The Morgan fingerprint density at radius 3 is 2.35 bits per heavy atom. The van der Waals surface area contributed by atoms with Crippen LogP contribution in [0.2, 0.25) is 0 Å². The number of hydrogen-bond acceptors (Lipinski definition) is 5. The third-order valence-electron chi connectivity index (χ3n) is 2.14. The standard InChI is InChI=1S/C11H14N2O6S/c1-8(14)12-6-9-2-4-10(5-3-9)20(17,18)13-19-7-11(15)16/h2-5,13H,6-7H2,1H3,(H,12,14)(H,15,16). The number of benzene rings is 1. The quantitative estimate of drug-likeness (QED) is 0.590. The first kappa shape index (κ1) is 16.1. The van der Waals surface area contributed by atoms with Gasteiger partial charge in [-0.25, -0.2) is 13.2 Å². The Balaban J connectivity index is 2.66. The number of sulfonamides is 1. The van der Waals surface area contributed by atoms with Crippen LogP contribution in [0, 0.1) is 0 Å². The van der Waals surface area contributed by atoms with Crippen LogP contribution in [0.3, 0.4) is 0 Å². The zero-order chi connectivity index (χ0) is 15.2. The highest BCUT2D eigenvalue weighted by molar-refractivity contribution is 7.89. The lowest BCUT2D eigenvalue weighted by molar-refractivity contribution is -0.143. The van der Waals surface area contributed by atoms with Gasteiger partial charge in [0.2, 0.25) is 5.91 Å². The highest BCUT2D eigenvalue weighted by Gasteiger charge is 2.14. The minimum absolute atomic E-state index is 0.0746. The summed E-state index contributed by atoms with van der Waals surface area (Å²) in [5.41, 5.74) is 0.727. The van der Waals surface area contributed by atoms with Crippen LogP contribution in [-0.4, -0.2) is 32.0 Å². The zero-order valence-corrected chi connectivity index (χ0v) is 11.4. The van der Waals surface area contributed by atoms with E-state index in [0.717, 1.165) is 5.56 Å². The van der Waals surface area contributed by atoms with Crippen molar-refractivity contribution in [2.45, 2.75) is 18.4 Å². The molecule has 0 saturated carbocycles. The molecule has 3 N–H and O–H groups in total. The molecular weight excluding hydrogens is 288 g/mol. The fourth-order valence-electron chi connectivity index (χ4n) is 1.23. The molecule has 0 aromatic heterocycles. The first-order chi connectivity index (χ1) is 9.31. The molecule has 0 aliphatic carbocycles. The number of carboxylic acids is 1. The number of carbonyl (C=O) groups is 2.